The number of benzene rings is 2. The predicted molar refractivity (Wildman–Crippen MR) is 67.9 cm³/mol. The van der Waals surface area contributed by atoms with Crippen molar-refractivity contribution in [3.8, 4) is 11.5 Å². The van der Waals surface area contributed by atoms with Gasteiger partial charge in [-0.15, -0.1) is 0 Å². The van der Waals surface area contributed by atoms with E-state index in [2.05, 4.69) is 18.2 Å². The Kier molecular flexibility index (Phi) is 2.33. The van der Waals surface area contributed by atoms with E-state index < -0.39 is 0 Å². The molecule has 0 atom stereocenters. The summed E-state index contributed by atoms with van der Waals surface area (Å²) in [4.78, 5) is 0. The molecule has 2 aromatic rings. The van der Waals surface area contributed by atoms with Gasteiger partial charge in [-0.2, -0.15) is 0 Å². The van der Waals surface area contributed by atoms with Crippen LogP contribution in [0.5, 0.6) is 11.5 Å². The first-order valence-electron chi connectivity index (χ1n) is 5.55. The van der Waals surface area contributed by atoms with Gasteiger partial charge < -0.3 is 9.84 Å². The number of phenolic OH excluding ortho intramolecular Hbond substituents is 1. The molecule has 0 spiro atoms. The third kappa shape index (κ3) is 1.89. The van der Waals surface area contributed by atoms with Gasteiger partial charge >= 0.3 is 0 Å². The Morgan fingerprint density at radius 2 is 1.82 bits per heavy atom. The van der Waals surface area contributed by atoms with Gasteiger partial charge in [-0.3, -0.25) is 0 Å². The first-order valence-corrected chi connectivity index (χ1v) is 5.55. The zero-order chi connectivity index (χ0) is 11.7. The molecule has 0 aromatic heterocycles. The maximum absolute atomic E-state index is 9.46. The first-order chi connectivity index (χ1) is 8.33. The van der Waals surface area contributed by atoms with Crippen LogP contribution in [0.1, 0.15) is 11.1 Å². The van der Waals surface area contributed by atoms with Crippen LogP contribution in [-0.2, 0) is 0 Å². The second-order valence-electron chi connectivity index (χ2n) is 4.05. The van der Waals surface area contributed by atoms with E-state index in [9.17, 15) is 5.11 Å². The zero-order valence-corrected chi connectivity index (χ0v) is 9.26. The van der Waals surface area contributed by atoms with E-state index in [0.717, 1.165) is 22.4 Å². The number of aromatic hydroxyl groups is 1. The Bertz CT molecular complexity index is 571. The summed E-state index contributed by atoms with van der Waals surface area (Å²) in [6.07, 6.45) is 2.06. The second kappa shape index (κ2) is 3.98. The van der Waals surface area contributed by atoms with E-state index in [1.807, 2.05) is 18.2 Å². The summed E-state index contributed by atoms with van der Waals surface area (Å²) in [6.45, 7) is 0.571. The molecule has 1 aliphatic rings. The van der Waals surface area contributed by atoms with E-state index in [-0.39, 0.29) is 5.75 Å². The topological polar surface area (TPSA) is 29.5 Å². The number of hydrogen-bond acceptors (Lipinski definition) is 2. The Hall–Kier alpha value is -2.22. The molecule has 0 unspecified atom stereocenters. The molecule has 2 aromatic carbocycles. The fraction of sp³-hybridized carbons (Fsp3) is 0.0667. The van der Waals surface area contributed by atoms with Crippen LogP contribution in [0.3, 0.4) is 0 Å². The number of ether oxygens (including phenoxy) is 1. The van der Waals surface area contributed by atoms with Gasteiger partial charge in [0.2, 0.25) is 0 Å². The Morgan fingerprint density at radius 3 is 2.65 bits per heavy atom. The van der Waals surface area contributed by atoms with Crippen molar-refractivity contribution in [2.24, 2.45) is 0 Å². The molecule has 17 heavy (non-hydrogen) atoms. The van der Waals surface area contributed by atoms with E-state index >= 15 is 0 Å². The molecule has 1 aliphatic heterocycles. The van der Waals surface area contributed by atoms with Gasteiger partial charge in [0, 0.05) is 5.56 Å². The van der Waals surface area contributed by atoms with Crippen LogP contribution in [-0.4, -0.2) is 11.7 Å². The molecule has 0 saturated carbocycles. The standard InChI is InChI=1S/C15H12O2/c16-14-6-7-15-12(9-14)8-13(10-17-15)11-4-2-1-3-5-11/h1-9,16H,10H2. The van der Waals surface area contributed by atoms with Gasteiger partial charge in [-0.1, -0.05) is 30.3 Å². The van der Waals surface area contributed by atoms with Crippen LogP contribution in [0.2, 0.25) is 0 Å². The highest BCUT2D eigenvalue weighted by Crippen LogP contribution is 2.32. The SMILES string of the molecule is Oc1ccc2c(c1)C=C(c1ccccc1)CO2. The molecule has 0 fully saturated rings. The lowest BCUT2D eigenvalue weighted by molar-refractivity contribution is 0.364. The quantitative estimate of drug-likeness (QED) is 0.805. The molecule has 3 rings (SSSR count). The van der Waals surface area contributed by atoms with Gasteiger partial charge in [0.1, 0.15) is 18.1 Å². The Morgan fingerprint density at radius 1 is 1.00 bits per heavy atom. The predicted octanol–water partition coefficient (Wildman–Crippen LogP) is 3.33. The highest BCUT2D eigenvalue weighted by Gasteiger charge is 2.12. The van der Waals surface area contributed by atoms with Crippen molar-refractivity contribution < 1.29 is 9.84 Å². The molecule has 2 heteroatoms. The molecule has 0 saturated heterocycles. The third-order valence-corrected chi connectivity index (χ3v) is 2.85. The van der Waals surface area contributed by atoms with Gasteiger partial charge in [0.25, 0.3) is 0 Å². The lowest BCUT2D eigenvalue weighted by atomic mass is 10.0. The Labute approximate surface area is 99.8 Å². The smallest absolute Gasteiger partial charge is 0.127 e. The lowest BCUT2D eigenvalue weighted by Gasteiger charge is -2.18. The fourth-order valence-corrected chi connectivity index (χ4v) is 1.98. The maximum atomic E-state index is 9.46. The highest BCUT2D eigenvalue weighted by molar-refractivity contribution is 5.85. The van der Waals surface area contributed by atoms with E-state index in [1.165, 1.54) is 0 Å². The van der Waals surface area contributed by atoms with Crippen molar-refractivity contribution in [1.29, 1.82) is 0 Å². The molecule has 2 nitrogen and oxygen atoms in total. The van der Waals surface area contributed by atoms with Crippen LogP contribution in [0.25, 0.3) is 11.6 Å². The average molecular weight is 224 g/mol. The molecular formula is C15H12O2. The molecule has 1 heterocycles. The monoisotopic (exact) mass is 224 g/mol. The van der Waals surface area contributed by atoms with E-state index in [0.29, 0.717) is 6.61 Å². The summed E-state index contributed by atoms with van der Waals surface area (Å²) < 4.78 is 5.67. The summed E-state index contributed by atoms with van der Waals surface area (Å²) in [6, 6.07) is 15.3. The second-order valence-corrected chi connectivity index (χ2v) is 4.05. The zero-order valence-electron chi connectivity index (χ0n) is 9.26. The molecule has 0 amide bonds. The summed E-state index contributed by atoms with van der Waals surface area (Å²) in [5, 5.41) is 9.46. The normalized spacial score (nSPS) is 13.5. The van der Waals surface area contributed by atoms with Crippen LogP contribution < -0.4 is 4.74 Å². The maximum Gasteiger partial charge on any atom is 0.127 e. The molecular weight excluding hydrogens is 212 g/mol. The van der Waals surface area contributed by atoms with Crippen molar-refractivity contribution in [3.63, 3.8) is 0 Å². The molecule has 1 N–H and O–H groups in total. The van der Waals surface area contributed by atoms with Gasteiger partial charge in [0.05, 0.1) is 0 Å². The minimum Gasteiger partial charge on any atom is -0.508 e. The fourth-order valence-electron chi connectivity index (χ4n) is 1.98. The summed E-state index contributed by atoms with van der Waals surface area (Å²) >= 11 is 0. The summed E-state index contributed by atoms with van der Waals surface area (Å²) in [7, 11) is 0. The van der Waals surface area contributed by atoms with Crippen molar-refractivity contribution in [1.82, 2.24) is 0 Å². The van der Waals surface area contributed by atoms with Crippen molar-refractivity contribution in [2.45, 2.75) is 0 Å². The van der Waals surface area contributed by atoms with Crippen LogP contribution in [0.15, 0.2) is 48.5 Å². The lowest BCUT2D eigenvalue weighted by Crippen LogP contribution is -2.06. The third-order valence-electron chi connectivity index (χ3n) is 2.85. The largest absolute Gasteiger partial charge is 0.508 e. The van der Waals surface area contributed by atoms with Crippen LogP contribution in [0.4, 0.5) is 0 Å². The first kappa shape index (κ1) is 9.97. The number of fused-ring (bicyclic) bond motifs is 1. The van der Waals surface area contributed by atoms with Crippen LogP contribution >= 0.6 is 0 Å². The molecule has 0 bridgehead atoms. The summed E-state index contributed by atoms with van der Waals surface area (Å²) in [5.74, 6) is 1.08. The molecule has 0 aliphatic carbocycles. The van der Waals surface area contributed by atoms with Crippen molar-refractivity contribution in [2.75, 3.05) is 6.61 Å². The minimum atomic E-state index is 0.262. The van der Waals surface area contributed by atoms with Gasteiger partial charge in [-0.05, 0) is 35.4 Å². The number of phenols is 1. The van der Waals surface area contributed by atoms with E-state index in [1.54, 1.807) is 18.2 Å². The van der Waals surface area contributed by atoms with E-state index in [4.69, 9.17) is 4.74 Å². The van der Waals surface area contributed by atoms with Crippen LogP contribution in [0, 0.1) is 0 Å². The average Bonchev–Trinajstić information content (AvgIpc) is 2.39. The number of hydrogen-bond donors (Lipinski definition) is 1. The molecule has 0 radical (unpaired) electrons. The van der Waals surface area contributed by atoms with Gasteiger partial charge in [0.15, 0.2) is 0 Å². The Balaban J connectivity index is 2.05. The minimum absolute atomic E-state index is 0.262. The van der Waals surface area contributed by atoms with Crippen molar-refractivity contribution >= 4 is 11.6 Å². The highest BCUT2D eigenvalue weighted by atomic mass is 16.5. The molecule has 84 valence electrons. The van der Waals surface area contributed by atoms with Gasteiger partial charge in [-0.25, -0.2) is 0 Å². The summed E-state index contributed by atoms with van der Waals surface area (Å²) in [5.41, 5.74) is 3.21. The number of rotatable bonds is 1. The van der Waals surface area contributed by atoms with Crippen molar-refractivity contribution in [3.05, 3.63) is 59.7 Å².